The van der Waals surface area contributed by atoms with Crippen LogP contribution >= 0.6 is 0 Å². The number of hydrogen-bond donors (Lipinski definition) is 4. The standard InChI is InChI=1S/C38H63NO9/c1-22-26-10-12-29-28-11-9-23(8-6-7-15-36(2,3)39-44)37(28,4)16-17-38(29,5)27(26)13-14-32(22)48-35-33(43)30(41)19-25(47-35)21-46-34-31(42)18-24(40)20-45-34/h10,22-25,27-35,40-43H,6-9,11-21H2,1-5H3/t22-,23?,24+,25+,27?,28?,29?,30+,31-,32+,33-,34+,35+,37-,38+/m1/s1. The SMILES string of the molecule is C[C@@H]1C2=CCC3C4CCC(CCCCC(C)(C)N=O)[C@@]4(C)CC[C@@]3(C)C2CC[C@@H]1O[C@@H]1O[C@H](CO[C@@H]2OC[C@@H](O)C[C@H]2O)C[C@H](O)[C@H]1O. The van der Waals surface area contributed by atoms with Crippen LogP contribution < -0.4 is 0 Å². The Labute approximate surface area is 287 Å². The van der Waals surface area contributed by atoms with E-state index in [1.54, 1.807) is 0 Å². The van der Waals surface area contributed by atoms with Gasteiger partial charge in [0.1, 0.15) is 12.2 Å². The lowest BCUT2D eigenvalue weighted by atomic mass is 9.45. The van der Waals surface area contributed by atoms with Crippen LogP contribution in [-0.2, 0) is 18.9 Å². The molecule has 2 saturated heterocycles. The van der Waals surface area contributed by atoms with Gasteiger partial charge in [0.05, 0.1) is 43.2 Å². The molecule has 6 aliphatic rings. The van der Waals surface area contributed by atoms with Crippen LogP contribution in [0.15, 0.2) is 16.8 Å². The molecule has 6 rings (SSSR count). The van der Waals surface area contributed by atoms with E-state index in [1.165, 1.54) is 44.1 Å². The summed E-state index contributed by atoms with van der Waals surface area (Å²) in [5.41, 5.74) is 1.73. The minimum Gasteiger partial charge on any atom is -0.391 e. The molecule has 4 unspecified atom stereocenters. The van der Waals surface area contributed by atoms with Crippen molar-refractivity contribution < 1.29 is 39.4 Å². The zero-order valence-electron chi connectivity index (χ0n) is 30.0. The molecule has 4 N–H and O–H groups in total. The molecule has 48 heavy (non-hydrogen) atoms. The average Bonchev–Trinajstić information content (AvgIpc) is 3.38. The third-order valence-corrected chi connectivity index (χ3v) is 14.1. The lowest BCUT2D eigenvalue weighted by molar-refractivity contribution is -0.304. The van der Waals surface area contributed by atoms with Gasteiger partial charge in [0.15, 0.2) is 12.6 Å². The molecule has 0 radical (unpaired) electrons. The van der Waals surface area contributed by atoms with Crippen LogP contribution in [0.5, 0.6) is 0 Å². The lowest BCUT2D eigenvalue weighted by Gasteiger charge is -2.60. The fourth-order valence-electron chi connectivity index (χ4n) is 11.1. The van der Waals surface area contributed by atoms with Crippen LogP contribution in [0.3, 0.4) is 0 Å². The number of hydrogen-bond acceptors (Lipinski definition) is 10. The maximum atomic E-state index is 11.1. The summed E-state index contributed by atoms with van der Waals surface area (Å²) in [6, 6.07) is 0. The molecule has 15 atom stereocenters. The second-order valence-corrected chi connectivity index (χ2v) is 17.6. The minimum absolute atomic E-state index is 0.0748. The van der Waals surface area contributed by atoms with Crippen molar-refractivity contribution in [1.82, 2.24) is 0 Å². The second kappa shape index (κ2) is 14.6. The first-order valence-corrected chi connectivity index (χ1v) is 19.1. The summed E-state index contributed by atoms with van der Waals surface area (Å²) in [5.74, 6) is 2.96. The summed E-state index contributed by atoms with van der Waals surface area (Å²) >= 11 is 0. The number of unbranched alkanes of at least 4 members (excludes halogenated alkanes) is 1. The Morgan fingerprint density at radius 1 is 0.958 bits per heavy atom. The molecule has 2 heterocycles. The number of nitroso groups, excluding NO2 is 1. The van der Waals surface area contributed by atoms with Crippen LogP contribution in [0.1, 0.15) is 118 Å². The van der Waals surface area contributed by atoms with Gasteiger partial charge in [-0.25, -0.2) is 0 Å². The summed E-state index contributed by atoms with van der Waals surface area (Å²) in [7, 11) is 0. The van der Waals surface area contributed by atoms with E-state index in [1.807, 2.05) is 13.8 Å². The molecule has 3 saturated carbocycles. The quantitative estimate of drug-likeness (QED) is 0.124. The van der Waals surface area contributed by atoms with Crippen LogP contribution in [0.25, 0.3) is 0 Å². The third kappa shape index (κ3) is 7.21. The fraction of sp³-hybridized carbons (Fsp3) is 0.947. The summed E-state index contributed by atoms with van der Waals surface area (Å²) in [6.45, 7) is 11.5. The van der Waals surface area contributed by atoms with Gasteiger partial charge in [0.2, 0.25) is 0 Å². The molecular formula is C38H63NO9. The highest BCUT2D eigenvalue weighted by Gasteiger charge is 2.60. The summed E-state index contributed by atoms with van der Waals surface area (Å²) in [4.78, 5) is 11.1. The summed E-state index contributed by atoms with van der Waals surface area (Å²) in [6.07, 6.45) is 9.31. The molecule has 2 aliphatic heterocycles. The summed E-state index contributed by atoms with van der Waals surface area (Å²) < 4.78 is 23.9. The lowest BCUT2D eigenvalue weighted by Crippen LogP contribution is -2.55. The topological polar surface area (TPSA) is 147 Å². The second-order valence-electron chi connectivity index (χ2n) is 17.6. The van der Waals surface area contributed by atoms with E-state index in [0.717, 1.165) is 43.9 Å². The van der Waals surface area contributed by atoms with Gasteiger partial charge in [-0.2, -0.15) is 4.91 Å². The molecule has 10 nitrogen and oxygen atoms in total. The van der Waals surface area contributed by atoms with Gasteiger partial charge in [0, 0.05) is 18.8 Å². The maximum absolute atomic E-state index is 11.1. The van der Waals surface area contributed by atoms with E-state index in [-0.39, 0.29) is 43.5 Å². The Bertz CT molecular complexity index is 1150. The average molecular weight is 678 g/mol. The number of fused-ring (bicyclic) bond motifs is 5. The predicted octanol–water partition coefficient (Wildman–Crippen LogP) is 5.62. The molecule has 5 fully saturated rings. The van der Waals surface area contributed by atoms with Crippen molar-refractivity contribution in [3.63, 3.8) is 0 Å². The first kappa shape index (κ1) is 36.8. The monoisotopic (exact) mass is 677 g/mol. The van der Waals surface area contributed by atoms with Crippen LogP contribution in [0.2, 0.25) is 0 Å². The predicted molar refractivity (Wildman–Crippen MR) is 181 cm³/mol. The Balaban J connectivity index is 1.06. The Morgan fingerprint density at radius 3 is 2.48 bits per heavy atom. The number of aliphatic hydroxyl groups excluding tert-OH is 4. The van der Waals surface area contributed by atoms with Crippen molar-refractivity contribution in [3.05, 3.63) is 16.6 Å². The zero-order chi connectivity index (χ0) is 34.4. The molecule has 274 valence electrons. The smallest absolute Gasteiger partial charge is 0.186 e. The van der Waals surface area contributed by atoms with E-state index in [0.29, 0.717) is 17.3 Å². The molecule has 0 aromatic rings. The maximum Gasteiger partial charge on any atom is 0.186 e. The molecule has 4 aliphatic carbocycles. The number of ether oxygens (including phenoxy) is 4. The first-order valence-electron chi connectivity index (χ1n) is 19.1. The van der Waals surface area contributed by atoms with Gasteiger partial charge in [-0.3, -0.25) is 0 Å². The van der Waals surface area contributed by atoms with Crippen molar-refractivity contribution in [1.29, 1.82) is 0 Å². The van der Waals surface area contributed by atoms with E-state index < -0.39 is 48.6 Å². The number of rotatable bonds is 11. The van der Waals surface area contributed by atoms with E-state index in [2.05, 4.69) is 32.0 Å². The Kier molecular flexibility index (Phi) is 11.2. The van der Waals surface area contributed by atoms with Crippen molar-refractivity contribution in [2.45, 2.75) is 173 Å². The van der Waals surface area contributed by atoms with Crippen LogP contribution in [0, 0.1) is 45.3 Å². The van der Waals surface area contributed by atoms with Gasteiger partial charge >= 0.3 is 0 Å². The van der Waals surface area contributed by atoms with Crippen LogP contribution in [0.4, 0.5) is 0 Å². The number of aliphatic hydroxyl groups is 4. The molecule has 0 amide bonds. The Hall–Kier alpha value is -0.980. The molecule has 0 bridgehead atoms. The van der Waals surface area contributed by atoms with E-state index in [9.17, 15) is 25.3 Å². The Morgan fingerprint density at radius 2 is 1.73 bits per heavy atom. The highest BCUT2D eigenvalue weighted by Crippen LogP contribution is 2.68. The van der Waals surface area contributed by atoms with Gasteiger partial charge in [-0.15, -0.1) is 0 Å². The fourth-order valence-corrected chi connectivity index (χ4v) is 11.1. The first-order chi connectivity index (χ1) is 22.8. The highest BCUT2D eigenvalue weighted by molar-refractivity contribution is 5.25. The molecule has 0 aromatic heterocycles. The number of nitrogens with zero attached hydrogens (tertiary/aromatic N) is 1. The minimum atomic E-state index is -1.15. The van der Waals surface area contributed by atoms with E-state index >= 15 is 0 Å². The van der Waals surface area contributed by atoms with Crippen molar-refractivity contribution in [2.24, 2.45) is 45.6 Å². The number of allylic oxidation sites excluding steroid dienone is 1. The van der Waals surface area contributed by atoms with Crippen LogP contribution in [-0.4, -0.2) is 88.4 Å². The molecule has 10 heteroatoms. The highest BCUT2D eigenvalue weighted by atomic mass is 16.7. The normalized spacial score (nSPS) is 47.9. The van der Waals surface area contributed by atoms with Crippen molar-refractivity contribution in [3.8, 4) is 0 Å². The largest absolute Gasteiger partial charge is 0.391 e. The van der Waals surface area contributed by atoms with Gasteiger partial charge in [-0.1, -0.05) is 50.4 Å². The van der Waals surface area contributed by atoms with Gasteiger partial charge in [0.25, 0.3) is 0 Å². The van der Waals surface area contributed by atoms with Crippen molar-refractivity contribution in [2.75, 3.05) is 13.2 Å². The molecule has 0 aromatic carbocycles. The van der Waals surface area contributed by atoms with Gasteiger partial charge < -0.3 is 39.4 Å². The molecule has 0 spiro atoms. The molecular weight excluding hydrogens is 614 g/mol. The van der Waals surface area contributed by atoms with Crippen molar-refractivity contribution >= 4 is 0 Å². The summed E-state index contributed by atoms with van der Waals surface area (Å²) in [5, 5.41) is 44.8. The zero-order valence-corrected chi connectivity index (χ0v) is 30.0. The third-order valence-electron chi connectivity index (χ3n) is 14.1. The van der Waals surface area contributed by atoms with E-state index in [4.69, 9.17) is 18.9 Å². The van der Waals surface area contributed by atoms with Gasteiger partial charge in [-0.05, 0) is 106 Å².